The Morgan fingerprint density at radius 1 is 1.07 bits per heavy atom. The number of hydrogen-bond acceptors (Lipinski definition) is 7. The molecular weight excluding hydrogens is 380 g/mol. The van der Waals surface area contributed by atoms with Gasteiger partial charge in [0.15, 0.2) is 23.2 Å². The molecule has 146 valence electrons. The molecular formula is C20H20N2O5S. The third-order valence-electron chi connectivity index (χ3n) is 4.03. The van der Waals surface area contributed by atoms with Gasteiger partial charge >= 0.3 is 5.97 Å². The van der Waals surface area contributed by atoms with E-state index in [4.69, 9.17) is 14.2 Å². The van der Waals surface area contributed by atoms with Crippen LogP contribution in [0.1, 0.15) is 21.5 Å². The Bertz CT molecular complexity index is 1040. The number of thiazole rings is 1. The number of nitrogens with zero attached hydrogens (tertiary/aromatic N) is 1. The predicted octanol–water partition coefficient (Wildman–Crippen LogP) is 3.73. The molecule has 0 atom stereocenters. The van der Waals surface area contributed by atoms with E-state index in [1.807, 2.05) is 26.0 Å². The maximum atomic E-state index is 12.2. The molecule has 0 bridgehead atoms. The van der Waals surface area contributed by atoms with Gasteiger partial charge in [-0.3, -0.25) is 10.1 Å². The summed E-state index contributed by atoms with van der Waals surface area (Å²) in [5.74, 6) is -0.186. The molecule has 1 amide bonds. The summed E-state index contributed by atoms with van der Waals surface area (Å²) in [5, 5.41) is 3.14. The zero-order valence-corrected chi connectivity index (χ0v) is 16.8. The lowest BCUT2D eigenvalue weighted by Gasteiger charge is -2.09. The summed E-state index contributed by atoms with van der Waals surface area (Å²) >= 11 is 1.38. The van der Waals surface area contributed by atoms with Gasteiger partial charge in [0, 0.05) is 0 Å². The fourth-order valence-electron chi connectivity index (χ4n) is 2.76. The van der Waals surface area contributed by atoms with Gasteiger partial charge in [-0.25, -0.2) is 9.78 Å². The van der Waals surface area contributed by atoms with E-state index in [0.717, 1.165) is 21.3 Å². The standard InChI is InChI=1S/C20H20N2O5S/c1-11-7-12(2)18-16(8-11)28-20(22-18)21-17(23)10-27-19(24)13-5-6-14(25-3)15(9-13)26-4/h5-9H,10H2,1-4H3,(H,21,22,23). The van der Waals surface area contributed by atoms with Crippen molar-refractivity contribution >= 4 is 38.6 Å². The van der Waals surface area contributed by atoms with Crippen LogP contribution in [-0.4, -0.2) is 37.7 Å². The van der Waals surface area contributed by atoms with Crippen molar-refractivity contribution in [1.82, 2.24) is 4.98 Å². The van der Waals surface area contributed by atoms with Crippen LogP contribution in [0.5, 0.6) is 11.5 Å². The van der Waals surface area contributed by atoms with E-state index >= 15 is 0 Å². The number of rotatable bonds is 6. The van der Waals surface area contributed by atoms with Gasteiger partial charge in [0.25, 0.3) is 5.91 Å². The first-order valence-electron chi connectivity index (χ1n) is 8.48. The minimum atomic E-state index is -0.633. The zero-order valence-electron chi connectivity index (χ0n) is 16.0. The van der Waals surface area contributed by atoms with Crippen molar-refractivity contribution in [2.45, 2.75) is 13.8 Å². The third kappa shape index (κ3) is 4.23. The van der Waals surface area contributed by atoms with E-state index in [2.05, 4.69) is 10.3 Å². The Hall–Kier alpha value is -3.13. The van der Waals surface area contributed by atoms with Crippen molar-refractivity contribution in [2.75, 3.05) is 26.1 Å². The molecule has 0 saturated heterocycles. The minimum absolute atomic E-state index is 0.261. The van der Waals surface area contributed by atoms with Crippen LogP contribution < -0.4 is 14.8 Å². The number of hydrogen-bond donors (Lipinski definition) is 1. The molecule has 0 aliphatic rings. The van der Waals surface area contributed by atoms with Crippen LogP contribution in [0, 0.1) is 13.8 Å². The first-order valence-corrected chi connectivity index (χ1v) is 9.29. The number of nitrogens with one attached hydrogen (secondary N) is 1. The van der Waals surface area contributed by atoms with Crippen LogP contribution >= 0.6 is 11.3 Å². The van der Waals surface area contributed by atoms with Gasteiger partial charge in [-0.2, -0.15) is 0 Å². The second kappa shape index (κ2) is 8.26. The SMILES string of the molecule is COc1ccc(C(=O)OCC(=O)Nc2nc3c(C)cc(C)cc3s2)cc1OC. The van der Waals surface area contributed by atoms with E-state index < -0.39 is 18.5 Å². The quantitative estimate of drug-likeness (QED) is 0.635. The highest BCUT2D eigenvalue weighted by Gasteiger charge is 2.15. The van der Waals surface area contributed by atoms with Gasteiger partial charge in [-0.05, 0) is 49.2 Å². The summed E-state index contributed by atoms with van der Waals surface area (Å²) in [6, 6.07) is 8.70. The molecule has 1 heterocycles. The summed E-state index contributed by atoms with van der Waals surface area (Å²) in [4.78, 5) is 28.8. The van der Waals surface area contributed by atoms with E-state index in [-0.39, 0.29) is 5.56 Å². The Labute approximate surface area is 166 Å². The molecule has 0 radical (unpaired) electrons. The summed E-state index contributed by atoms with van der Waals surface area (Å²) in [6.45, 7) is 3.57. The smallest absolute Gasteiger partial charge is 0.338 e. The average Bonchev–Trinajstić information content (AvgIpc) is 3.07. The van der Waals surface area contributed by atoms with Crippen LogP contribution in [0.25, 0.3) is 10.2 Å². The van der Waals surface area contributed by atoms with E-state index in [1.165, 1.54) is 31.6 Å². The Kier molecular flexibility index (Phi) is 5.79. The number of carbonyl (C=O) groups is 2. The van der Waals surface area contributed by atoms with Gasteiger partial charge < -0.3 is 14.2 Å². The average molecular weight is 400 g/mol. The molecule has 0 spiro atoms. The Morgan fingerprint density at radius 2 is 1.82 bits per heavy atom. The normalized spacial score (nSPS) is 10.6. The molecule has 1 N–H and O–H groups in total. The highest BCUT2D eigenvalue weighted by Crippen LogP contribution is 2.29. The van der Waals surface area contributed by atoms with Crippen molar-refractivity contribution < 1.29 is 23.8 Å². The van der Waals surface area contributed by atoms with Gasteiger partial charge in [-0.1, -0.05) is 17.4 Å². The number of amides is 1. The van der Waals surface area contributed by atoms with Crippen LogP contribution in [0.2, 0.25) is 0 Å². The number of fused-ring (bicyclic) bond motifs is 1. The fraction of sp³-hybridized carbons (Fsp3) is 0.250. The number of ether oxygens (including phenoxy) is 3. The molecule has 0 aliphatic heterocycles. The lowest BCUT2D eigenvalue weighted by atomic mass is 10.1. The van der Waals surface area contributed by atoms with Gasteiger partial charge in [0.2, 0.25) is 0 Å². The second-order valence-corrected chi connectivity index (χ2v) is 7.17. The number of benzene rings is 2. The largest absolute Gasteiger partial charge is 0.493 e. The maximum Gasteiger partial charge on any atom is 0.338 e. The molecule has 0 fully saturated rings. The minimum Gasteiger partial charge on any atom is -0.493 e. The summed E-state index contributed by atoms with van der Waals surface area (Å²) < 4.78 is 16.4. The van der Waals surface area contributed by atoms with E-state index in [0.29, 0.717) is 16.6 Å². The third-order valence-corrected chi connectivity index (χ3v) is 4.95. The van der Waals surface area contributed by atoms with E-state index in [1.54, 1.807) is 12.1 Å². The number of aryl methyl sites for hydroxylation is 2. The Balaban J connectivity index is 1.63. The lowest BCUT2D eigenvalue weighted by Crippen LogP contribution is -2.20. The first-order chi connectivity index (χ1) is 13.4. The van der Waals surface area contributed by atoms with Crippen molar-refractivity contribution in [3.63, 3.8) is 0 Å². The molecule has 28 heavy (non-hydrogen) atoms. The molecule has 3 rings (SSSR count). The molecule has 3 aromatic rings. The molecule has 2 aromatic carbocycles. The monoisotopic (exact) mass is 400 g/mol. The topological polar surface area (TPSA) is 86.8 Å². The molecule has 7 nitrogen and oxygen atoms in total. The summed E-state index contributed by atoms with van der Waals surface area (Å²) in [6.07, 6.45) is 0. The van der Waals surface area contributed by atoms with Gasteiger partial charge in [-0.15, -0.1) is 0 Å². The highest BCUT2D eigenvalue weighted by atomic mass is 32.1. The highest BCUT2D eigenvalue weighted by molar-refractivity contribution is 7.22. The van der Waals surface area contributed by atoms with Crippen molar-refractivity contribution in [2.24, 2.45) is 0 Å². The van der Waals surface area contributed by atoms with Crippen LogP contribution in [0.3, 0.4) is 0 Å². The zero-order chi connectivity index (χ0) is 20.3. The van der Waals surface area contributed by atoms with Gasteiger partial charge in [0.05, 0.1) is 30.0 Å². The fourth-order valence-corrected chi connectivity index (χ4v) is 3.82. The van der Waals surface area contributed by atoms with Gasteiger partial charge in [0.1, 0.15) is 0 Å². The second-order valence-electron chi connectivity index (χ2n) is 6.14. The maximum absolute atomic E-state index is 12.2. The van der Waals surface area contributed by atoms with E-state index in [9.17, 15) is 9.59 Å². The number of esters is 1. The molecule has 8 heteroatoms. The number of carbonyl (C=O) groups excluding carboxylic acids is 2. The number of anilines is 1. The summed E-state index contributed by atoms with van der Waals surface area (Å²) in [7, 11) is 2.98. The van der Waals surface area contributed by atoms with Crippen LogP contribution in [0.15, 0.2) is 30.3 Å². The molecule has 0 aliphatic carbocycles. The van der Waals surface area contributed by atoms with Crippen molar-refractivity contribution in [3.05, 3.63) is 47.0 Å². The lowest BCUT2D eigenvalue weighted by molar-refractivity contribution is -0.119. The van der Waals surface area contributed by atoms with Crippen molar-refractivity contribution in [3.8, 4) is 11.5 Å². The van der Waals surface area contributed by atoms with Crippen LogP contribution in [-0.2, 0) is 9.53 Å². The van der Waals surface area contributed by atoms with Crippen molar-refractivity contribution in [1.29, 1.82) is 0 Å². The molecule has 0 unspecified atom stereocenters. The first kappa shape index (κ1) is 19.6. The molecule has 0 saturated carbocycles. The number of aromatic nitrogens is 1. The number of methoxy groups -OCH3 is 2. The summed E-state index contributed by atoms with van der Waals surface area (Å²) in [5.41, 5.74) is 3.30. The van der Waals surface area contributed by atoms with Crippen LogP contribution in [0.4, 0.5) is 5.13 Å². The predicted molar refractivity (Wildman–Crippen MR) is 108 cm³/mol. The Morgan fingerprint density at radius 3 is 2.54 bits per heavy atom. The molecule has 1 aromatic heterocycles.